The Morgan fingerprint density at radius 3 is 2.88 bits per heavy atom. The van der Waals surface area contributed by atoms with Gasteiger partial charge in [0.25, 0.3) is 0 Å². The zero-order valence-corrected chi connectivity index (χ0v) is 9.46. The number of hydrogen-bond donors (Lipinski definition) is 2. The normalized spacial score (nSPS) is 39.9. The van der Waals surface area contributed by atoms with Crippen molar-refractivity contribution in [2.24, 2.45) is 11.8 Å². The highest BCUT2D eigenvalue weighted by molar-refractivity contribution is 5.88. The van der Waals surface area contributed by atoms with Crippen LogP contribution in [0.25, 0.3) is 0 Å². The van der Waals surface area contributed by atoms with Crippen molar-refractivity contribution in [1.82, 2.24) is 10.2 Å². The summed E-state index contributed by atoms with van der Waals surface area (Å²) in [6, 6.07) is -0.987. The third-order valence-corrected chi connectivity index (χ3v) is 3.91. The van der Waals surface area contributed by atoms with Crippen LogP contribution in [0.2, 0.25) is 0 Å². The summed E-state index contributed by atoms with van der Waals surface area (Å²) in [6.07, 6.45) is 0.954. The molecule has 0 unspecified atom stereocenters. The Kier molecular flexibility index (Phi) is 2.56. The van der Waals surface area contributed by atoms with Gasteiger partial charge in [-0.05, 0) is 18.3 Å². The summed E-state index contributed by atoms with van der Waals surface area (Å²) in [6.45, 7) is 2.20. The second-order valence-corrected chi connectivity index (χ2v) is 5.01. The maximum atomic E-state index is 12.2. The molecule has 94 valence electrons. The second-order valence-electron chi connectivity index (χ2n) is 5.01. The first-order valence-electron chi connectivity index (χ1n) is 6.03. The van der Waals surface area contributed by atoms with Crippen molar-refractivity contribution in [1.29, 1.82) is 0 Å². The van der Waals surface area contributed by atoms with Gasteiger partial charge in [-0.3, -0.25) is 4.79 Å². The van der Waals surface area contributed by atoms with Crippen LogP contribution in [0.1, 0.15) is 6.42 Å². The van der Waals surface area contributed by atoms with E-state index in [2.05, 4.69) is 5.32 Å². The predicted octanol–water partition coefficient (Wildman–Crippen LogP) is -1.09. The summed E-state index contributed by atoms with van der Waals surface area (Å²) in [7, 11) is 0. The quantitative estimate of drug-likeness (QED) is 0.641. The Balaban J connectivity index is 1.70. The highest BCUT2D eigenvalue weighted by Crippen LogP contribution is 2.49. The van der Waals surface area contributed by atoms with Gasteiger partial charge < -0.3 is 20.1 Å². The molecule has 1 saturated carbocycles. The number of carboxylic acids is 1. The summed E-state index contributed by atoms with van der Waals surface area (Å²) in [5, 5.41) is 12.3. The molecule has 2 N–H and O–H groups in total. The zero-order valence-electron chi connectivity index (χ0n) is 9.46. The Labute approximate surface area is 98.9 Å². The molecule has 2 aliphatic heterocycles. The van der Waals surface area contributed by atoms with E-state index in [4.69, 9.17) is 4.74 Å². The van der Waals surface area contributed by atoms with E-state index in [1.54, 1.807) is 0 Å². The number of fused-ring (bicyclic) bond motifs is 1. The van der Waals surface area contributed by atoms with E-state index in [0.717, 1.165) is 6.42 Å². The van der Waals surface area contributed by atoms with E-state index in [-0.39, 0.29) is 17.9 Å². The predicted molar refractivity (Wildman–Crippen MR) is 57.3 cm³/mol. The van der Waals surface area contributed by atoms with E-state index in [9.17, 15) is 14.7 Å². The molecule has 1 aliphatic carbocycles. The van der Waals surface area contributed by atoms with Crippen LogP contribution in [0.3, 0.4) is 0 Å². The number of piperidine rings is 1. The molecule has 17 heavy (non-hydrogen) atoms. The van der Waals surface area contributed by atoms with Gasteiger partial charge in [-0.15, -0.1) is 0 Å². The Hall–Kier alpha value is -1.14. The largest absolute Gasteiger partial charge is 0.480 e. The van der Waals surface area contributed by atoms with Crippen molar-refractivity contribution in [2.45, 2.75) is 18.5 Å². The molecule has 2 heterocycles. The summed E-state index contributed by atoms with van der Waals surface area (Å²) in [5.74, 6) is -0.408. The molecule has 1 amide bonds. The number of morpholine rings is 1. The van der Waals surface area contributed by atoms with Gasteiger partial charge >= 0.3 is 5.97 Å². The molecule has 3 fully saturated rings. The molecule has 0 aromatic heterocycles. The van der Waals surface area contributed by atoms with E-state index in [0.29, 0.717) is 32.2 Å². The van der Waals surface area contributed by atoms with Crippen LogP contribution < -0.4 is 5.32 Å². The summed E-state index contributed by atoms with van der Waals surface area (Å²) >= 11 is 0. The molecule has 0 aromatic carbocycles. The number of ether oxygens (including phenoxy) is 1. The highest BCUT2D eigenvalue weighted by atomic mass is 16.5. The Morgan fingerprint density at radius 2 is 2.24 bits per heavy atom. The molecular weight excluding hydrogens is 224 g/mol. The van der Waals surface area contributed by atoms with Gasteiger partial charge in [-0.25, -0.2) is 4.79 Å². The number of likely N-dealkylation sites (tertiary alicyclic amines) is 1. The topological polar surface area (TPSA) is 78.9 Å². The number of rotatable bonds is 2. The van der Waals surface area contributed by atoms with Crippen LogP contribution in [0.4, 0.5) is 0 Å². The summed E-state index contributed by atoms with van der Waals surface area (Å²) in [5.41, 5.74) is 0. The van der Waals surface area contributed by atoms with E-state index >= 15 is 0 Å². The molecule has 2 saturated heterocycles. The highest BCUT2D eigenvalue weighted by Gasteiger charge is 2.57. The number of carbonyl (C=O) groups excluding carboxylic acids is 1. The maximum absolute atomic E-state index is 12.2. The molecular formula is C11H16N2O4. The molecule has 6 nitrogen and oxygen atoms in total. The van der Waals surface area contributed by atoms with Gasteiger partial charge in [0.05, 0.1) is 13.2 Å². The van der Waals surface area contributed by atoms with Gasteiger partial charge in [0.2, 0.25) is 5.91 Å². The molecule has 4 atom stereocenters. The van der Waals surface area contributed by atoms with Gasteiger partial charge in [-0.1, -0.05) is 0 Å². The van der Waals surface area contributed by atoms with Crippen LogP contribution in [0.5, 0.6) is 0 Å². The van der Waals surface area contributed by atoms with Crippen LogP contribution >= 0.6 is 0 Å². The third-order valence-electron chi connectivity index (χ3n) is 3.91. The minimum Gasteiger partial charge on any atom is -0.480 e. The van der Waals surface area contributed by atoms with Crippen molar-refractivity contribution in [3.63, 3.8) is 0 Å². The first-order chi connectivity index (χ1) is 8.18. The lowest BCUT2D eigenvalue weighted by atomic mass is 10.1. The molecule has 0 spiro atoms. The number of carboxylic acid groups (broad SMARTS) is 1. The van der Waals surface area contributed by atoms with E-state index in [1.807, 2.05) is 0 Å². The number of carbonyl (C=O) groups is 2. The van der Waals surface area contributed by atoms with Gasteiger partial charge in [0.1, 0.15) is 12.1 Å². The fraction of sp³-hybridized carbons (Fsp3) is 0.818. The molecule has 0 radical (unpaired) electrons. The smallest absolute Gasteiger partial charge is 0.326 e. The van der Waals surface area contributed by atoms with Crippen LogP contribution in [-0.2, 0) is 14.3 Å². The van der Waals surface area contributed by atoms with Crippen molar-refractivity contribution in [3.8, 4) is 0 Å². The number of nitrogens with one attached hydrogen (secondary N) is 1. The third kappa shape index (κ3) is 1.81. The van der Waals surface area contributed by atoms with Crippen molar-refractivity contribution >= 4 is 11.9 Å². The van der Waals surface area contributed by atoms with Gasteiger partial charge in [-0.2, -0.15) is 0 Å². The van der Waals surface area contributed by atoms with Crippen molar-refractivity contribution < 1.29 is 19.4 Å². The fourth-order valence-corrected chi connectivity index (χ4v) is 2.93. The monoisotopic (exact) mass is 240 g/mol. The minimum atomic E-state index is -0.875. The molecule has 0 aromatic rings. The van der Waals surface area contributed by atoms with Crippen molar-refractivity contribution in [2.75, 3.05) is 26.3 Å². The average Bonchev–Trinajstić information content (AvgIpc) is 2.99. The van der Waals surface area contributed by atoms with Gasteiger partial charge in [0, 0.05) is 13.1 Å². The second kappa shape index (κ2) is 3.96. The lowest BCUT2D eigenvalue weighted by molar-refractivity contribution is -0.151. The van der Waals surface area contributed by atoms with Gasteiger partial charge in [0.15, 0.2) is 0 Å². The SMILES string of the molecule is O=C(O)[C@@H]1[C@H]2C[C@H]2CN1C(=O)[C@H]1COCCN1. The number of aliphatic carboxylic acids is 1. The van der Waals surface area contributed by atoms with Crippen LogP contribution in [0.15, 0.2) is 0 Å². The first kappa shape index (κ1) is 11.0. The van der Waals surface area contributed by atoms with Crippen LogP contribution in [0, 0.1) is 11.8 Å². The van der Waals surface area contributed by atoms with Crippen molar-refractivity contribution in [3.05, 3.63) is 0 Å². The average molecular weight is 240 g/mol. The van der Waals surface area contributed by atoms with E-state index < -0.39 is 12.0 Å². The fourth-order valence-electron chi connectivity index (χ4n) is 2.93. The standard InChI is InChI=1S/C11H16N2O4/c14-10(8-5-17-2-1-12-8)13-4-6-3-7(6)9(13)11(15)16/h6-9,12H,1-5H2,(H,15,16)/t6-,7-,8+,9-/m0/s1. The zero-order chi connectivity index (χ0) is 12.0. The molecule has 6 heteroatoms. The molecule has 3 aliphatic rings. The number of amides is 1. The minimum absolute atomic E-state index is 0.121. The maximum Gasteiger partial charge on any atom is 0.326 e. The number of nitrogens with zero attached hydrogens (tertiary/aromatic N) is 1. The van der Waals surface area contributed by atoms with E-state index in [1.165, 1.54) is 4.90 Å². The Bertz CT molecular complexity index is 353. The Morgan fingerprint density at radius 1 is 1.41 bits per heavy atom. The molecule has 3 rings (SSSR count). The molecule has 0 bridgehead atoms. The summed E-state index contributed by atoms with van der Waals surface area (Å²) in [4.78, 5) is 24.9. The van der Waals surface area contributed by atoms with Crippen LogP contribution in [-0.4, -0.2) is 60.3 Å². The summed E-state index contributed by atoms with van der Waals surface area (Å²) < 4.78 is 5.24. The first-order valence-corrected chi connectivity index (χ1v) is 6.03. The lowest BCUT2D eigenvalue weighted by Crippen LogP contribution is -2.55. The number of hydrogen-bond acceptors (Lipinski definition) is 4. The lowest BCUT2D eigenvalue weighted by Gasteiger charge is -2.31.